The number of hydrogen-bond acceptors (Lipinski definition) is 7. The molecule has 9 heteroatoms. The molecule has 0 aromatic carbocycles. The maximum atomic E-state index is 12.4. The predicted octanol–water partition coefficient (Wildman–Crippen LogP) is 3.57. The SMILES string of the molecule is CC(C)Cn1c(SC(C)C(=O)Nc2nccs2)nnc1-c1ccncc1. The van der Waals surface area contributed by atoms with E-state index in [-0.39, 0.29) is 11.2 Å². The van der Waals surface area contributed by atoms with Gasteiger partial charge in [0, 0.05) is 36.1 Å². The van der Waals surface area contributed by atoms with Crippen molar-refractivity contribution in [1.82, 2.24) is 24.7 Å². The molecule has 0 saturated carbocycles. The van der Waals surface area contributed by atoms with Gasteiger partial charge < -0.3 is 9.88 Å². The van der Waals surface area contributed by atoms with Crippen molar-refractivity contribution in [2.75, 3.05) is 5.32 Å². The molecule has 3 aromatic rings. The molecule has 26 heavy (non-hydrogen) atoms. The quantitative estimate of drug-likeness (QED) is 0.623. The Labute approximate surface area is 160 Å². The number of aromatic nitrogens is 5. The average molecular weight is 389 g/mol. The molecule has 1 unspecified atom stereocenters. The van der Waals surface area contributed by atoms with Gasteiger partial charge in [0.25, 0.3) is 0 Å². The second-order valence-corrected chi connectivity index (χ2v) is 8.34. The van der Waals surface area contributed by atoms with Crippen LogP contribution in [-0.4, -0.2) is 35.9 Å². The molecule has 1 atom stereocenters. The van der Waals surface area contributed by atoms with E-state index in [0.29, 0.717) is 11.0 Å². The molecular weight excluding hydrogens is 368 g/mol. The van der Waals surface area contributed by atoms with Crippen molar-refractivity contribution in [3.63, 3.8) is 0 Å². The van der Waals surface area contributed by atoms with Gasteiger partial charge in [0.15, 0.2) is 16.1 Å². The fourth-order valence-electron chi connectivity index (χ4n) is 2.32. The maximum Gasteiger partial charge on any atom is 0.239 e. The molecule has 0 aliphatic carbocycles. The summed E-state index contributed by atoms with van der Waals surface area (Å²) in [7, 11) is 0. The monoisotopic (exact) mass is 388 g/mol. The molecule has 0 radical (unpaired) electrons. The molecule has 1 N–H and O–H groups in total. The first-order chi connectivity index (χ1) is 12.5. The highest BCUT2D eigenvalue weighted by Crippen LogP contribution is 2.28. The summed E-state index contributed by atoms with van der Waals surface area (Å²) in [5.41, 5.74) is 0.958. The number of hydrogen-bond donors (Lipinski definition) is 1. The summed E-state index contributed by atoms with van der Waals surface area (Å²) in [5, 5.41) is 14.3. The number of thioether (sulfide) groups is 1. The lowest BCUT2D eigenvalue weighted by atomic mass is 10.2. The summed E-state index contributed by atoms with van der Waals surface area (Å²) in [4.78, 5) is 20.5. The molecule has 7 nitrogen and oxygen atoms in total. The number of nitrogens with one attached hydrogen (secondary N) is 1. The van der Waals surface area contributed by atoms with Crippen LogP contribution in [0.3, 0.4) is 0 Å². The van der Waals surface area contributed by atoms with Crippen LogP contribution in [0.15, 0.2) is 41.3 Å². The summed E-state index contributed by atoms with van der Waals surface area (Å²) < 4.78 is 2.07. The van der Waals surface area contributed by atoms with Gasteiger partial charge in [0.2, 0.25) is 5.91 Å². The lowest BCUT2D eigenvalue weighted by Gasteiger charge is -2.14. The third kappa shape index (κ3) is 4.47. The largest absolute Gasteiger partial charge is 0.302 e. The van der Waals surface area contributed by atoms with Crippen LogP contribution in [-0.2, 0) is 11.3 Å². The third-order valence-electron chi connectivity index (χ3n) is 3.52. The molecule has 0 bridgehead atoms. The predicted molar refractivity (Wildman–Crippen MR) is 104 cm³/mol. The van der Waals surface area contributed by atoms with E-state index in [1.165, 1.54) is 23.1 Å². The van der Waals surface area contributed by atoms with Crippen LogP contribution in [0.1, 0.15) is 20.8 Å². The van der Waals surface area contributed by atoms with E-state index < -0.39 is 0 Å². The number of carbonyl (C=O) groups is 1. The highest BCUT2D eigenvalue weighted by molar-refractivity contribution is 8.00. The molecule has 0 aliphatic rings. The van der Waals surface area contributed by atoms with Crippen LogP contribution < -0.4 is 5.32 Å². The topological polar surface area (TPSA) is 85.6 Å². The first-order valence-corrected chi connectivity index (χ1v) is 10.0. The number of rotatable bonds is 7. The van der Waals surface area contributed by atoms with E-state index in [9.17, 15) is 4.79 Å². The maximum absolute atomic E-state index is 12.4. The zero-order valence-corrected chi connectivity index (χ0v) is 16.4. The highest BCUT2D eigenvalue weighted by Gasteiger charge is 2.21. The van der Waals surface area contributed by atoms with Gasteiger partial charge in [-0.05, 0) is 25.0 Å². The Hall–Kier alpha value is -2.26. The first kappa shape index (κ1) is 18.5. The molecule has 3 aromatic heterocycles. The first-order valence-electron chi connectivity index (χ1n) is 8.25. The van der Waals surface area contributed by atoms with E-state index in [0.717, 1.165) is 23.1 Å². The van der Waals surface area contributed by atoms with E-state index in [2.05, 4.69) is 43.9 Å². The lowest BCUT2D eigenvalue weighted by Crippen LogP contribution is -2.23. The Morgan fingerprint density at radius 1 is 1.23 bits per heavy atom. The van der Waals surface area contributed by atoms with E-state index in [1.807, 2.05) is 24.4 Å². The zero-order chi connectivity index (χ0) is 18.5. The minimum atomic E-state index is -0.320. The second-order valence-electron chi connectivity index (χ2n) is 6.13. The highest BCUT2D eigenvalue weighted by atomic mass is 32.2. The Bertz CT molecular complexity index is 848. The molecule has 0 fully saturated rings. The number of pyridine rings is 1. The van der Waals surface area contributed by atoms with Crippen LogP contribution in [0.25, 0.3) is 11.4 Å². The molecule has 136 valence electrons. The molecular formula is C17H20N6OS2. The van der Waals surface area contributed by atoms with Crippen LogP contribution in [0.5, 0.6) is 0 Å². The average Bonchev–Trinajstić information content (AvgIpc) is 3.26. The minimum absolute atomic E-state index is 0.102. The van der Waals surface area contributed by atoms with Gasteiger partial charge in [0.05, 0.1) is 5.25 Å². The van der Waals surface area contributed by atoms with Crippen molar-refractivity contribution in [3.05, 3.63) is 36.1 Å². The Kier molecular flexibility index (Phi) is 6.00. The molecule has 3 rings (SSSR count). The Morgan fingerprint density at radius 3 is 2.65 bits per heavy atom. The summed E-state index contributed by atoms with van der Waals surface area (Å²) in [5.74, 6) is 1.11. The third-order valence-corrected chi connectivity index (χ3v) is 5.29. The van der Waals surface area contributed by atoms with Crippen molar-refractivity contribution in [2.24, 2.45) is 5.92 Å². The summed E-state index contributed by atoms with van der Waals surface area (Å²) in [6, 6.07) is 3.82. The smallest absolute Gasteiger partial charge is 0.239 e. The molecule has 0 saturated heterocycles. The number of amides is 1. The fraction of sp³-hybridized carbons (Fsp3) is 0.353. The molecule has 0 spiro atoms. The van der Waals surface area contributed by atoms with Gasteiger partial charge in [-0.3, -0.25) is 9.78 Å². The van der Waals surface area contributed by atoms with Crippen LogP contribution in [0.4, 0.5) is 5.13 Å². The molecule has 0 aliphatic heterocycles. The summed E-state index contributed by atoms with van der Waals surface area (Å²) in [6.07, 6.45) is 5.14. The van der Waals surface area contributed by atoms with Gasteiger partial charge in [-0.2, -0.15) is 0 Å². The lowest BCUT2D eigenvalue weighted by molar-refractivity contribution is -0.115. The number of carbonyl (C=O) groups excluding carboxylic acids is 1. The zero-order valence-electron chi connectivity index (χ0n) is 14.8. The molecule has 3 heterocycles. The Balaban J connectivity index is 1.80. The van der Waals surface area contributed by atoms with E-state index in [4.69, 9.17) is 0 Å². The van der Waals surface area contributed by atoms with Gasteiger partial charge in [-0.15, -0.1) is 21.5 Å². The second kappa shape index (κ2) is 8.41. The van der Waals surface area contributed by atoms with Gasteiger partial charge in [0.1, 0.15) is 0 Å². The number of nitrogens with zero attached hydrogens (tertiary/aromatic N) is 5. The number of thiazole rings is 1. The standard InChI is InChI=1S/C17H20N6OS2/c1-11(2)10-23-14(13-4-6-18-7-5-13)21-22-17(23)26-12(3)15(24)20-16-19-8-9-25-16/h4-9,11-12H,10H2,1-3H3,(H,19,20,24). The van der Waals surface area contributed by atoms with Crippen LogP contribution in [0.2, 0.25) is 0 Å². The summed E-state index contributed by atoms with van der Waals surface area (Å²) in [6.45, 7) is 6.91. The summed E-state index contributed by atoms with van der Waals surface area (Å²) >= 11 is 2.79. The Morgan fingerprint density at radius 2 is 2.00 bits per heavy atom. The van der Waals surface area contributed by atoms with Gasteiger partial charge in [-0.1, -0.05) is 25.6 Å². The normalized spacial score (nSPS) is 12.3. The van der Waals surface area contributed by atoms with Gasteiger partial charge in [-0.25, -0.2) is 4.98 Å². The number of anilines is 1. The van der Waals surface area contributed by atoms with Crippen LogP contribution >= 0.6 is 23.1 Å². The van der Waals surface area contributed by atoms with Crippen LogP contribution in [0, 0.1) is 5.92 Å². The van der Waals surface area contributed by atoms with Gasteiger partial charge >= 0.3 is 0 Å². The van der Waals surface area contributed by atoms with Crippen molar-refractivity contribution >= 4 is 34.1 Å². The van der Waals surface area contributed by atoms with Crippen molar-refractivity contribution < 1.29 is 4.79 Å². The van der Waals surface area contributed by atoms with E-state index in [1.54, 1.807) is 18.6 Å². The minimum Gasteiger partial charge on any atom is -0.302 e. The fourth-order valence-corrected chi connectivity index (χ4v) is 3.71. The van der Waals surface area contributed by atoms with Crippen molar-refractivity contribution in [3.8, 4) is 11.4 Å². The van der Waals surface area contributed by atoms with E-state index >= 15 is 0 Å². The molecule has 1 amide bonds. The van der Waals surface area contributed by atoms with Crippen molar-refractivity contribution in [2.45, 2.75) is 37.7 Å². The van der Waals surface area contributed by atoms with Crippen molar-refractivity contribution in [1.29, 1.82) is 0 Å².